The summed E-state index contributed by atoms with van der Waals surface area (Å²) in [5.74, 6) is -0.0629. The van der Waals surface area contributed by atoms with Gasteiger partial charge >= 0.3 is 0 Å². The molecule has 1 amide bonds. The van der Waals surface area contributed by atoms with Crippen LogP contribution in [0.25, 0.3) is 33.8 Å². The molecule has 7 heteroatoms. The van der Waals surface area contributed by atoms with Gasteiger partial charge in [-0.3, -0.25) is 4.79 Å². The van der Waals surface area contributed by atoms with E-state index in [1.54, 1.807) is 41.3 Å². The maximum atomic E-state index is 14.4. The standard InChI is InChI=1S/C21H16FN3O3/c22-15-7-2-1-6-13(15)19-18-14(21(26)25-9-3-4-10-25)12-16(17-8-5-11-27-17)23-20(18)28-24-19/h1-2,5-8,11-12H,3-4,9-10H2. The summed E-state index contributed by atoms with van der Waals surface area (Å²) >= 11 is 0. The molecule has 1 aromatic carbocycles. The van der Waals surface area contributed by atoms with Crippen LogP contribution >= 0.6 is 0 Å². The predicted octanol–water partition coefficient (Wildman–Crippen LogP) is 4.52. The molecule has 0 bridgehead atoms. The molecule has 6 nitrogen and oxygen atoms in total. The third-order valence-electron chi connectivity index (χ3n) is 4.97. The van der Waals surface area contributed by atoms with Gasteiger partial charge in [0.1, 0.15) is 17.2 Å². The Morgan fingerprint density at radius 1 is 1.11 bits per heavy atom. The highest BCUT2D eigenvalue weighted by atomic mass is 19.1. The molecule has 0 radical (unpaired) electrons. The Balaban J connectivity index is 1.76. The lowest BCUT2D eigenvalue weighted by molar-refractivity contribution is 0.0794. The first kappa shape index (κ1) is 16.7. The van der Waals surface area contributed by atoms with Crippen molar-refractivity contribution in [2.45, 2.75) is 12.8 Å². The van der Waals surface area contributed by atoms with Crippen LogP contribution in [-0.2, 0) is 0 Å². The van der Waals surface area contributed by atoms with Crippen LogP contribution in [0.2, 0.25) is 0 Å². The second-order valence-corrected chi connectivity index (χ2v) is 6.72. The number of hydrogen-bond acceptors (Lipinski definition) is 5. The van der Waals surface area contributed by atoms with Crippen molar-refractivity contribution in [3.8, 4) is 22.7 Å². The lowest BCUT2D eigenvalue weighted by atomic mass is 10.0. The number of hydrogen-bond donors (Lipinski definition) is 0. The number of pyridine rings is 1. The van der Waals surface area contributed by atoms with Crippen molar-refractivity contribution < 1.29 is 18.1 Å². The van der Waals surface area contributed by atoms with E-state index in [-0.39, 0.29) is 22.9 Å². The zero-order valence-corrected chi connectivity index (χ0v) is 14.9. The van der Waals surface area contributed by atoms with Crippen molar-refractivity contribution in [2.24, 2.45) is 0 Å². The number of fused-ring (bicyclic) bond motifs is 1. The van der Waals surface area contributed by atoms with E-state index in [9.17, 15) is 9.18 Å². The largest absolute Gasteiger partial charge is 0.463 e. The Kier molecular flexibility index (Phi) is 3.93. The summed E-state index contributed by atoms with van der Waals surface area (Å²) in [6.45, 7) is 1.39. The average Bonchev–Trinajstić information content (AvgIpc) is 3.48. The number of carbonyl (C=O) groups is 1. The van der Waals surface area contributed by atoms with E-state index in [1.807, 2.05) is 0 Å². The van der Waals surface area contributed by atoms with Crippen LogP contribution in [0.4, 0.5) is 4.39 Å². The minimum Gasteiger partial charge on any atom is -0.463 e. The van der Waals surface area contributed by atoms with Crippen molar-refractivity contribution in [1.82, 2.24) is 15.0 Å². The average molecular weight is 377 g/mol. The van der Waals surface area contributed by atoms with Crippen LogP contribution < -0.4 is 0 Å². The highest BCUT2D eigenvalue weighted by Crippen LogP contribution is 2.34. The molecule has 5 rings (SSSR count). The fourth-order valence-corrected chi connectivity index (χ4v) is 3.60. The molecule has 140 valence electrons. The molecule has 0 saturated carbocycles. The van der Waals surface area contributed by atoms with Gasteiger partial charge in [0.25, 0.3) is 11.6 Å². The van der Waals surface area contributed by atoms with Crippen LogP contribution in [0.15, 0.2) is 57.7 Å². The molecular formula is C21H16FN3O3. The van der Waals surface area contributed by atoms with Crippen LogP contribution in [0.1, 0.15) is 23.2 Å². The van der Waals surface area contributed by atoms with Gasteiger partial charge in [0.05, 0.1) is 17.2 Å². The first-order valence-corrected chi connectivity index (χ1v) is 9.11. The second-order valence-electron chi connectivity index (χ2n) is 6.72. The number of carbonyl (C=O) groups excluding carboxylic acids is 1. The summed E-state index contributed by atoms with van der Waals surface area (Å²) in [6.07, 6.45) is 3.47. The van der Waals surface area contributed by atoms with Crippen molar-refractivity contribution in [3.05, 3.63) is 60.1 Å². The summed E-state index contributed by atoms with van der Waals surface area (Å²) < 4.78 is 25.2. The molecule has 1 aliphatic rings. The van der Waals surface area contributed by atoms with Crippen LogP contribution in [0, 0.1) is 5.82 Å². The fraction of sp³-hybridized carbons (Fsp3) is 0.190. The van der Waals surface area contributed by atoms with E-state index in [4.69, 9.17) is 8.94 Å². The molecule has 0 atom stereocenters. The van der Waals surface area contributed by atoms with E-state index < -0.39 is 5.82 Å². The number of nitrogens with zero attached hydrogens (tertiary/aromatic N) is 3. The maximum Gasteiger partial charge on any atom is 0.259 e. The van der Waals surface area contributed by atoms with Gasteiger partial charge in [-0.1, -0.05) is 17.3 Å². The normalized spacial score (nSPS) is 14.1. The number of amides is 1. The predicted molar refractivity (Wildman–Crippen MR) is 100 cm³/mol. The van der Waals surface area contributed by atoms with Gasteiger partial charge in [0, 0.05) is 18.7 Å². The number of benzene rings is 1. The van der Waals surface area contributed by atoms with Crippen LogP contribution in [-0.4, -0.2) is 34.0 Å². The molecular weight excluding hydrogens is 361 g/mol. The van der Waals surface area contributed by atoms with Gasteiger partial charge in [0.2, 0.25) is 0 Å². The first-order chi connectivity index (χ1) is 13.7. The second kappa shape index (κ2) is 6.60. The molecule has 1 aliphatic heterocycles. The van der Waals surface area contributed by atoms with Gasteiger partial charge in [-0.2, -0.15) is 0 Å². The van der Waals surface area contributed by atoms with Crippen molar-refractivity contribution in [2.75, 3.05) is 13.1 Å². The van der Waals surface area contributed by atoms with Crippen molar-refractivity contribution >= 4 is 17.0 Å². The topological polar surface area (TPSA) is 72.4 Å². The Bertz CT molecular complexity index is 1160. The number of furan rings is 1. The highest BCUT2D eigenvalue weighted by Gasteiger charge is 2.27. The molecule has 3 aromatic heterocycles. The zero-order chi connectivity index (χ0) is 19.1. The fourth-order valence-electron chi connectivity index (χ4n) is 3.60. The van der Waals surface area contributed by atoms with Crippen LogP contribution in [0.3, 0.4) is 0 Å². The summed E-state index contributed by atoms with van der Waals surface area (Å²) in [4.78, 5) is 19.5. The minimum atomic E-state index is -0.438. The van der Waals surface area contributed by atoms with Gasteiger partial charge in [0.15, 0.2) is 5.76 Å². The Hall–Kier alpha value is -3.48. The Morgan fingerprint density at radius 2 is 1.93 bits per heavy atom. The summed E-state index contributed by atoms with van der Waals surface area (Å²) in [7, 11) is 0. The maximum absolute atomic E-state index is 14.4. The molecule has 0 spiro atoms. The molecule has 0 unspecified atom stereocenters. The Morgan fingerprint density at radius 3 is 2.68 bits per heavy atom. The van der Waals surface area contributed by atoms with E-state index in [0.29, 0.717) is 35.5 Å². The third-order valence-corrected chi connectivity index (χ3v) is 4.97. The lowest BCUT2D eigenvalue weighted by Crippen LogP contribution is -2.27. The SMILES string of the molecule is O=C(c1cc(-c2ccco2)nc2onc(-c3ccccc3F)c12)N1CCCC1. The lowest BCUT2D eigenvalue weighted by Gasteiger charge is -2.16. The molecule has 4 aromatic rings. The van der Waals surface area contributed by atoms with Gasteiger partial charge in [-0.25, -0.2) is 9.37 Å². The molecule has 0 aliphatic carbocycles. The number of likely N-dealkylation sites (tertiary alicyclic amines) is 1. The van der Waals surface area contributed by atoms with Crippen molar-refractivity contribution in [1.29, 1.82) is 0 Å². The van der Waals surface area contributed by atoms with E-state index in [2.05, 4.69) is 10.1 Å². The quantitative estimate of drug-likeness (QED) is 0.525. The molecule has 4 heterocycles. The zero-order valence-electron chi connectivity index (χ0n) is 14.9. The summed E-state index contributed by atoms with van der Waals surface area (Å²) in [6, 6.07) is 11.4. The van der Waals surface area contributed by atoms with Gasteiger partial charge < -0.3 is 13.8 Å². The van der Waals surface area contributed by atoms with E-state index in [0.717, 1.165) is 12.8 Å². The van der Waals surface area contributed by atoms with E-state index >= 15 is 0 Å². The highest BCUT2D eigenvalue weighted by molar-refractivity contribution is 6.10. The molecule has 1 saturated heterocycles. The number of aromatic nitrogens is 2. The summed E-state index contributed by atoms with van der Waals surface area (Å²) in [5, 5.41) is 4.45. The minimum absolute atomic E-state index is 0.140. The number of halogens is 1. The van der Waals surface area contributed by atoms with Crippen molar-refractivity contribution in [3.63, 3.8) is 0 Å². The third kappa shape index (κ3) is 2.67. The Labute approximate surface area is 159 Å². The van der Waals surface area contributed by atoms with Gasteiger partial charge in [-0.05, 0) is 43.2 Å². The number of rotatable bonds is 3. The molecule has 0 N–H and O–H groups in total. The molecule has 28 heavy (non-hydrogen) atoms. The summed E-state index contributed by atoms with van der Waals surface area (Å²) in [5.41, 5.74) is 1.57. The molecule has 1 fully saturated rings. The van der Waals surface area contributed by atoms with E-state index in [1.165, 1.54) is 12.3 Å². The van der Waals surface area contributed by atoms with Gasteiger partial charge in [-0.15, -0.1) is 0 Å². The van der Waals surface area contributed by atoms with Crippen LogP contribution in [0.5, 0.6) is 0 Å². The first-order valence-electron chi connectivity index (χ1n) is 9.11. The smallest absolute Gasteiger partial charge is 0.259 e. The monoisotopic (exact) mass is 377 g/mol.